The van der Waals surface area contributed by atoms with Gasteiger partial charge in [0.1, 0.15) is 30.2 Å². The van der Waals surface area contributed by atoms with Crippen molar-refractivity contribution in [3.63, 3.8) is 0 Å². The van der Waals surface area contributed by atoms with Crippen LogP contribution in [0.15, 0.2) is 24.3 Å². The van der Waals surface area contributed by atoms with Gasteiger partial charge in [0.05, 0.1) is 13.0 Å². The summed E-state index contributed by atoms with van der Waals surface area (Å²) in [6.45, 7) is -0.560. The van der Waals surface area contributed by atoms with Gasteiger partial charge in [-0.2, -0.15) is 0 Å². The number of carbonyl (C=O) groups excluding carboxylic acids is 1. The number of amides is 1. The Hall–Kier alpha value is -1.71. The standard InChI is InChI=1S/C14H19NO7/c16-6-9-11(19)12(20)13(21)14(22-9)15-10(18)5-7-1-3-8(17)4-2-7/h1-4,9,11-14,16-17,19-21H,5-6H2,(H,15,18)/t9-,11-,12+,13-,14-/m1/s1. The van der Waals surface area contributed by atoms with Crippen LogP contribution in [0.5, 0.6) is 5.75 Å². The van der Waals surface area contributed by atoms with Gasteiger partial charge in [-0.3, -0.25) is 4.79 Å². The average Bonchev–Trinajstić information content (AvgIpc) is 2.50. The molecule has 1 aromatic carbocycles. The molecular weight excluding hydrogens is 294 g/mol. The molecule has 8 nitrogen and oxygen atoms in total. The fourth-order valence-electron chi connectivity index (χ4n) is 2.23. The summed E-state index contributed by atoms with van der Waals surface area (Å²) in [6, 6.07) is 6.03. The van der Waals surface area contributed by atoms with Crippen LogP contribution in [0.25, 0.3) is 0 Å². The van der Waals surface area contributed by atoms with Crippen molar-refractivity contribution in [2.75, 3.05) is 6.61 Å². The molecule has 0 spiro atoms. The molecule has 0 radical (unpaired) electrons. The van der Waals surface area contributed by atoms with Crippen LogP contribution in [0.1, 0.15) is 5.56 Å². The minimum absolute atomic E-state index is 0.0186. The molecule has 0 unspecified atom stereocenters. The zero-order valence-electron chi connectivity index (χ0n) is 11.7. The van der Waals surface area contributed by atoms with Crippen LogP contribution in [0.3, 0.4) is 0 Å². The third-order valence-corrected chi connectivity index (χ3v) is 3.50. The van der Waals surface area contributed by atoms with Crippen LogP contribution in [-0.4, -0.2) is 68.7 Å². The number of nitrogens with one attached hydrogen (secondary N) is 1. The maximum absolute atomic E-state index is 11.9. The Bertz CT molecular complexity index is 504. The summed E-state index contributed by atoms with van der Waals surface area (Å²) in [5.41, 5.74) is 0.639. The molecule has 1 fully saturated rings. The summed E-state index contributed by atoms with van der Waals surface area (Å²) in [5, 5.41) is 49.7. The van der Waals surface area contributed by atoms with Gasteiger partial charge in [0.15, 0.2) is 6.23 Å². The lowest BCUT2D eigenvalue weighted by Gasteiger charge is -2.40. The smallest absolute Gasteiger partial charge is 0.226 e. The topological polar surface area (TPSA) is 139 Å². The van der Waals surface area contributed by atoms with Crippen molar-refractivity contribution in [1.82, 2.24) is 5.32 Å². The molecule has 2 rings (SSSR count). The maximum Gasteiger partial charge on any atom is 0.226 e. The van der Waals surface area contributed by atoms with Crippen molar-refractivity contribution >= 4 is 5.91 Å². The highest BCUT2D eigenvalue weighted by atomic mass is 16.6. The number of benzene rings is 1. The van der Waals surface area contributed by atoms with Crippen molar-refractivity contribution in [2.45, 2.75) is 37.1 Å². The number of aliphatic hydroxyl groups is 4. The van der Waals surface area contributed by atoms with E-state index in [1.165, 1.54) is 12.1 Å². The van der Waals surface area contributed by atoms with E-state index in [9.17, 15) is 20.1 Å². The summed E-state index contributed by atoms with van der Waals surface area (Å²) < 4.78 is 5.18. The summed E-state index contributed by atoms with van der Waals surface area (Å²) in [7, 11) is 0. The molecule has 22 heavy (non-hydrogen) atoms. The number of phenolic OH excluding ortho intramolecular Hbond substituents is 1. The van der Waals surface area contributed by atoms with E-state index in [1.54, 1.807) is 12.1 Å². The zero-order chi connectivity index (χ0) is 16.3. The molecule has 1 saturated heterocycles. The molecule has 1 aromatic rings. The van der Waals surface area contributed by atoms with Crippen LogP contribution in [-0.2, 0) is 16.0 Å². The summed E-state index contributed by atoms with van der Waals surface area (Å²) >= 11 is 0. The molecule has 0 aromatic heterocycles. The largest absolute Gasteiger partial charge is 0.508 e. The second kappa shape index (κ2) is 7.03. The van der Waals surface area contributed by atoms with E-state index in [1.807, 2.05) is 0 Å². The van der Waals surface area contributed by atoms with E-state index in [0.717, 1.165) is 0 Å². The first-order valence-corrected chi connectivity index (χ1v) is 6.80. The van der Waals surface area contributed by atoms with Crippen molar-refractivity contribution < 1.29 is 35.1 Å². The average molecular weight is 313 g/mol. The molecule has 1 aliphatic rings. The van der Waals surface area contributed by atoms with E-state index in [4.69, 9.17) is 14.9 Å². The molecule has 0 saturated carbocycles. The lowest BCUT2D eigenvalue weighted by Crippen LogP contribution is -2.63. The predicted molar refractivity (Wildman–Crippen MR) is 73.7 cm³/mol. The number of hydrogen-bond acceptors (Lipinski definition) is 7. The minimum atomic E-state index is -1.54. The first-order valence-electron chi connectivity index (χ1n) is 6.80. The van der Waals surface area contributed by atoms with Crippen LogP contribution < -0.4 is 5.32 Å². The van der Waals surface area contributed by atoms with Gasteiger partial charge in [0.25, 0.3) is 0 Å². The highest BCUT2D eigenvalue weighted by molar-refractivity contribution is 5.78. The lowest BCUT2D eigenvalue weighted by atomic mass is 9.98. The molecule has 8 heteroatoms. The third kappa shape index (κ3) is 3.73. The number of carbonyl (C=O) groups is 1. The quantitative estimate of drug-likeness (QED) is 0.372. The third-order valence-electron chi connectivity index (χ3n) is 3.50. The Morgan fingerprint density at radius 1 is 1.09 bits per heavy atom. The molecule has 0 aliphatic carbocycles. The molecular formula is C14H19NO7. The van der Waals surface area contributed by atoms with Gasteiger partial charge >= 0.3 is 0 Å². The van der Waals surface area contributed by atoms with Gasteiger partial charge in [-0.1, -0.05) is 12.1 Å². The van der Waals surface area contributed by atoms with Crippen LogP contribution in [0.2, 0.25) is 0 Å². The van der Waals surface area contributed by atoms with E-state index in [-0.39, 0.29) is 12.2 Å². The molecule has 122 valence electrons. The Kier molecular flexibility index (Phi) is 5.33. The number of rotatable bonds is 4. The normalized spacial score (nSPS) is 31.7. The van der Waals surface area contributed by atoms with E-state index < -0.39 is 43.2 Å². The highest BCUT2D eigenvalue weighted by Crippen LogP contribution is 2.20. The minimum Gasteiger partial charge on any atom is -0.508 e. The Balaban J connectivity index is 1.96. The molecule has 1 heterocycles. The number of aliphatic hydroxyl groups excluding tert-OH is 4. The van der Waals surface area contributed by atoms with Crippen molar-refractivity contribution in [1.29, 1.82) is 0 Å². The van der Waals surface area contributed by atoms with Gasteiger partial charge < -0.3 is 35.6 Å². The summed E-state index contributed by atoms with van der Waals surface area (Å²) in [4.78, 5) is 11.9. The summed E-state index contributed by atoms with van der Waals surface area (Å²) in [5.74, 6) is -0.395. The number of ether oxygens (including phenoxy) is 1. The molecule has 1 aliphatic heterocycles. The lowest BCUT2D eigenvalue weighted by molar-refractivity contribution is -0.235. The van der Waals surface area contributed by atoms with E-state index >= 15 is 0 Å². The van der Waals surface area contributed by atoms with Gasteiger partial charge in [-0.15, -0.1) is 0 Å². The number of phenols is 1. The molecule has 5 atom stereocenters. The van der Waals surface area contributed by atoms with Crippen LogP contribution in [0.4, 0.5) is 0 Å². The highest BCUT2D eigenvalue weighted by Gasteiger charge is 2.43. The van der Waals surface area contributed by atoms with Gasteiger partial charge in [-0.05, 0) is 17.7 Å². The monoisotopic (exact) mass is 313 g/mol. The van der Waals surface area contributed by atoms with E-state index in [2.05, 4.69) is 5.32 Å². The fraction of sp³-hybridized carbons (Fsp3) is 0.500. The second-order valence-corrected chi connectivity index (χ2v) is 5.16. The van der Waals surface area contributed by atoms with Crippen LogP contribution in [0, 0.1) is 0 Å². The Morgan fingerprint density at radius 2 is 1.73 bits per heavy atom. The van der Waals surface area contributed by atoms with Crippen molar-refractivity contribution in [2.24, 2.45) is 0 Å². The Labute approximate surface area is 126 Å². The SMILES string of the molecule is O=C(Cc1ccc(O)cc1)N[C@@H]1O[C@H](CO)[C@@H](O)[C@H](O)[C@H]1O. The second-order valence-electron chi connectivity index (χ2n) is 5.16. The zero-order valence-corrected chi connectivity index (χ0v) is 11.7. The van der Waals surface area contributed by atoms with Crippen molar-refractivity contribution in [3.8, 4) is 5.75 Å². The first kappa shape index (κ1) is 16.7. The van der Waals surface area contributed by atoms with Gasteiger partial charge in [0, 0.05) is 0 Å². The predicted octanol–water partition coefficient (Wildman–Crippen LogP) is -2.15. The summed E-state index contributed by atoms with van der Waals surface area (Å²) in [6.07, 6.45) is -6.84. The number of hydrogen-bond donors (Lipinski definition) is 6. The van der Waals surface area contributed by atoms with Gasteiger partial charge in [-0.25, -0.2) is 0 Å². The van der Waals surface area contributed by atoms with Crippen LogP contribution >= 0.6 is 0 Å². The maximum atomic E-state index is 11.9. The number of aromatic hydroxyl groups is 1. The molecule has 6 N–H and O–H groups in total. The Morgan fingerprint density at radius 3 is 2.32 bits per heavy atom. The van der Waals surface area contributed by atoms with Gasteiger partial charge in [0.2, 0.25) is 5.91 Å². The first-order chi connectivity index (χ1) is 10.4. The van der Waals surface area contributed by atoms with E-state index in [0.29, 0.717) is 5.56 Å². The van der Waals surface area contributed by atoms with Crippen molar-refractivity contribution in [3.05, 3.63) is 29.8 Å². The molecule has 0 bridgehead atoms. The molecule has 1 amide bonds. The fourth-order valence-corrected chi connectivity index (χ4v) is 2.23.